The van der Waals surface area contributed by atoms with Crippen LogP contribution in [0.25, 0.3) is 0 Å². The van der Waals surface area contributed by atoms with Crippen molar-refractivity contribution in [2.45, 2.75) is 52.7 Å². The monoisotopic (exact) mass is 260 g/mol. The van der Waals surface area contributed by atoms with Gasteiger partial charge in [0.05, 0.1) is 0 Å². The Kier molecular flexibility index (Phi) is 4.32. The standard InChI is InChI=1S/C17H28N2/c1-13(2)16-11-19(17(4,5)12-18-16)10-15-8-6-7-14(3)9-15/h6-9,13,16,18H,10-12H2,1-5H3. The van der Waals surface area contributed by atoms with E-state index in [1.807, 2.05) is 0 Å². The number of hydrogen-bond donors (Lipinski definition) is 1. The molecular formula is C17H28N2. The number of nitrogens with zero attached hydrogens (tertiary/aromatic N) is 1. The summed E-state index contributed by atoms with van der Waals surface area (Å²) in [6.07, 6.45) is 0. The van der Waals surface area contributed by atoms with E-state index in [2.05, 4.69) is 69.1 Å². The molecule has 1 atom stereocenters. The molecule has 1 aliphatic heterocycles. The molecule has 0 radical (unpaired) electrons. The SMILES string of the molecule is Cc1cccc(CN2CC(C(C)C)NCC2(C)C)c1. The highest BCUT2D eigenvalue weighted by Crippen LogP contribution is 2.23. The molecule has 1 N–H and O–H groups in total. The minimum atomic E-state index is 0.231. The molecule has 1 saturated heterocycles. The van der Waals surface area contributed by atoms with Crippen molar-refractivity contribution in [1.29, 1.82) is 0 Å². The smallest absolute Gasteiger partial charge is 0.0281 e. The first-order valence-corrected chi connectivity index (χ1v) is 7.42. The molecule has 2 nitrogen and oxygen atoms in total. The molecule has 0 aliphatic carbocycles. The molecule has 0 spiro atoms. The Labute approximate surface area is 118 Å². The van der Waals surface area contributed by atoms with Crippen molar-refractivity contribution in [2.75, 3.05) is 13.1 Å². The number of rotatable bonds is 3. The van der Waals surface area contributed by atoms with Crippen molar-refractivity contribution in [3.63, 3.8) is 0 Å². The first-order valence-electron chi connectivity index (χ1n) is 7.42. The molecule has 0 saturated carbocycles. The predicted molar refractivity (Wildman–Crippen MR) is 82.3 cm³/mol. The van der Waals surface area contributed by atoms with Crippen LogP contribution in [-0.2, 0) is 6.54 Å². The van der Waals surface area contributed by atoms with Crippen molar-refractivity contribution < 1.29 is 0 Å². The van der Waals surface area contributed by atoms with Crippen LogP contribution in [-0.4, -0.2) is 29.6 Å². The molecule has 1 heterocycles. The van der Waals surface area contributed by atoms with Crippen molar-refractivity contribution >= 4 is 0 Å². The van der Waals surface area contributed by atoms with E-state index in [1.165, 1.54) is 11.1 Å². The first kappa shape index (κ1) is 14.5. The van der Waals surface area contributed by atoms with E-state index in [9.17, 15) is 0 Å². The van der Waals surface area contributed by atoms with Gasteiger partial charge >= 0.3 is 0 Å². The van der Waals surface area contributed by atoms with Crippen LogP contribution < -0.4 is 5.32 Å². The molecule has 1 unspecified atom stereocenters. The maximum Gasteiger partial charge on any atom is 0.0281 e. The molecule has 2 heteroatoms. The van der Waals surface area contributed by atoms with Gasteiger partial charge in [0.1, 0.15) is 0 Å². The fourth-order valence-corrected chi connectivity index (χ4v) is 2.80. The molecule has 0 aromatic heterocycles. The van der Waals surface area contributed by atoms with Crippen molar-refractivity contribution in [3.05, 3.63) is 35.4 Å². The summed E-state index contributed by atoms with van der Waals surface area (Å²) in [5.74, 6) is 0.691. The highest BCUT2D eigenvalue weighted by atomic mass is 15.3. The molecule has 1 fully saturated rings. The molecule has 1 aromatic rings. The maximum absolute atomic E-state index is 3.69. The van der Waals surface area contributed by atoms with Crippen LogP contribution in [0.5, 0.6) is 0 Å². The van der Waals surface area contributed by atoms with Gasteiger partial charge in [-0.25, -0.2) is 0 Å². The summed E-state index contributed by atoms with van der Waals surface area (Å²) in [5, 5.41) is 3.69. The highest BCUT2D eigenvalue weighted by molar-refractivity contribution is 5.22. The summed E-state index contributed by atoms with van der Waals surface area (Å²) in [6, 6.07) is 9.50. The molecule has 1 aromatic carbocycles. The van der Waals surface area contributed by atoms with Gasteiger partial charge in [0.15, 0.2) is 0 Å². The second-order valence-electron chi connectivity index (χ2n) is 6.91. The molecule has 0 bridgehead atoms. The van der Waals surface area contributed by atoms with E-state index in [-0.39, 0.29) is 5.54 Å². The molecule has 106 valence electrons. The third-order valence-corrected chi connectivity index (χ3v) is 4.33. The van der Waals surface area contributed by atoms with Crippen LogP contribution in [0.1, 0.15) is 38.8 Å². The van der Waals surface area contributed by atoms with Crippen LogP contribution in [0.3, 0.4) is 0 Å². The average Bonchev–Trinajstić information content (AvgIpc) is 2.31. The molecular weight excluding hydrogens is 232 g/mol. The quantitative estimate of drug-likeness (QED) is 0.898. The molecule has 1 aliphatic rings. The van der Waals surface area contributed by atoms with E-state index < -0.39 is 0 Å². The lowest BCUT2D eigenvalue weighted by molar-refractivity contribution is 0.0474. The zero-order chi connectivity index (χ0) is 14.0. The maximum atomic E-state index is 3.69. The largest absolute Gasteiger partial charge is 0.311 e. The second-order valence-corrected chi connectivity index (χ2v) is 6.91. The van der Waals surface area contributed by atoms with E-state index in [0.717, 1.165) is 19.6 Å². The summed E-state index contributed by atoms with van der Waals surface area (Å²) < 4.78 is 0. The van der Waals surface area contributed by atoms with E-state index in [4.69, 9.17) is 0 Å². The minimum Gasteiger partial charge on any atom is -0.311 e. The number of aryl methyl sites for hydroxylation is 1. The second kappa shape index (κ2) is 5.64. The Hall–Kier alpha value is -0.860. The summed E-state index contributed by atoms with van der Waals surface area (Å²) in [6.45, 7) is 14.7. The molecule has 0 amide bonds. The van der Waals surface area contributed by atoms with Gasteiger partial charge < -0.3 is 5.32 Å². The Bertz CT molecular complexity index is 423. The first-order chi connectivity index (χ1) is 8.88. The minimum absolute atomic E-state index is 0.231. The van der Waals surface area contributed by atoms with Crippen molar-refractivity contribution in [1.82, 2.24) is 10.2 Å². The highest BCUT2D eigenvalue weighted by Gasteiger charge is 2.34. The van der Waals surface area contributed by atoms with Gasteiger partial charge in [-0.1, -0.05) is 43.7 Å². The lowest BCUT2D eigenvalue weighted by atomic mass is 9.92. The topological polar surface area (TPSA) is 15.3 Å². The third kappa shape index (κ3) is 3.58. The lowest BCUT2D eigenvalue weighted by Gasteiger charge is -2.47. The summed E-state index contributed by atoms with van der Waals surface area (Å²) in [4.78, 5) is 2.63. The fourth-order valence-electron chi connectivity index (χ4n) is 2.80. The lowest BCUT2D eigenvalue weighted by Crippen LogP contribution is -2.62. The number of hydrogen-bond acceptors (Lipinski definition) is 2. The van der Waals surface area contributed by atoms with Gasteiger partial charge in [-0.2, -0.15) is 0 Å². The summed E-state index contributed by atoms with van der Waals surface area (Å²) in [7, 11) is 0. The van der Waals surface area contributed by atoms with Crippen LogP contribution in [0.15, 0.2) is 24.3 Å². The predicted octanol–water partition coefficient (Wildman–Crippen LogP) is 3.20. The number of benzene rings is 1. The van der Waals surface area contributed by atoms with Gasteiger partial charge in [-0.05, 0) is 32.3 Å². The Morgan fingerprint density at radius 1 is 1.37 bits per heavy atom. The van der Waals surface area contributed by atoms with Crippen LogP contribution in [0.4, 0.5) is 0 Å². The van der Waals surface area contributed by atoms with E-state index in [0.29, 0.717) is 12.0 Å². The van der Waals surface area contributed by atoms with E-state index in [1.54, 1.807) is 0 Å². The molecule has 19 heavy (non-hydrogen) atoms. The van der Waals surface area contributed by atoms with Crippen molar-refractivity contribution in [2.24, 2.45) is 5.92 Å². The Morgan fingerprint density at radius 2 is 2.11 bits per heavy atom. The van der Waals surface area contributed by atoms with Gasteiger partial charge in [0, 0.05) is 31.2 Å². The Morgan fingerprint density at radius 3 is 2.74 bits per heavy atom. The molecule has 2 rings (SSSR count). The summed E-state index contributed by atoms with van der Waals surface area (Å²) in [5.41, 5.74) is 3.01. The van der Waals surface area contributed by atoms with Crippen LogP contribution >= 0.6 is 0 Å². The third-order valence-electron chi connectivity index (χ3n) is 4.33. The van der Waals surface area contributed by atoms with Gasteiger partial charge in [0.25, 0.3) is 0 Å². The van der Waals surface area contributed by atoms with E-state index >= 15 is 0 Å². The Balaban J connectivity index is 2.11. The van der Waals surface area contributed by atoms with Gasteiger partial charge in [-0.3, -0.25) is 4.90 Å². The van der Waals surface area contributed by atoms with Gasteiger partial charge in [0.2, 0.25) is 0 Å². The number of nitrogens with one attached hydrogen (secondary N) is 1. The average molecular weight is 260 g/mol. The van der Waals surface area contributed by atoms with Crippen LogP contribution in [0.2, 0.25) is 0 Å². The summed E-state index contributed by atoms with van der Waals surface area (Å²) >= 11 is 0. The fraction of sp³-hybridized carbons (Fsp3) is 0.647. The van der Waals surface area contributed by atoms with Gasteiger partial charge in [-0.15, -0.1) is 0 Å². The zero-order valence-corrected chi connectivity index (χ0v) is 13.0. The zero-order valence-electron chi connectivity index (χ0n) is 13.0. The van der Waals surface area contributed by atoms with Crippen molar-refractivity contribution in [3.8, 4) is 0 Å². The normalized spacial score (nSPS) is 23.8. The number of piperazine rings is 1. The van der Waals surface area contributed by atoms with Crippen LogP contribution in [0, 0.1) is 12.8 Å².